The third kappa shape index (κ3) is 1.80. The Bertz CT molecular complexity index is 932. The predicted molar refractivity (Wildman–Crippen MR) is 78.6 cm³/mol. The minimum absolute atomic E-state index is 0.264. The topological polar surface area (TPSA) is 64.0 Å². The summed E-state index contributed by atoms with van der Waals surface area (Å²) in [5.41, 5.74) is 1.24. The molecule has 1 atom stereocenters. The first kappa shape index (κ1) is 12.9. The zero-order valence-electron chi connectivity index (χ0n) is 11.5. The van der Waals surface area contributed by atoms with Crippen LogP contribution >= 0.6 is 0 Å². The van der Waals surface area contributed by atoms with Crippen LogP contribution in [0.4, 0.5) is 4.39 Å². The molecule has 1 saturated heterocycles. The number of benzene rings is 1. The molecule has 3 heterocycles. The second-order valence-corrected chi connectivity index (χ2v) is 5.37. The van der Waals surface area contributed by atoms with Gasteiger partial charge in [0.15, 0.2) is 0 Å². The number of fused-ring (bicyclic) bond motifs is 3. The number of piperidine rings is 1. The molecule has 6 heteroatoms. The first-order chi connectivity index (χ1) is 10.6. The average Bonchev–Trinajstić information content (AvgIpc) is 2.81. The van der Waals surface area contributed by atoms with Gasteiger partial charge in [0.1, 0.15) is 17.5 Å². The molecule has 1 aliphatic heterocycles. The van der Waals surface area contributed by atoms with Crippen LogP contribution < -0.4 is 5.32 Å². The fourth-order valence-electron chi connectivity index (χ4n) is 3.09. The van der Waals surface area contributed by atoms with E-state index in [2.05, 4.69) is 10.3 Å². The van der Waals surface area contributed by atoms with Crippen LogP contribution in [0.1, 0.15) is 18.9 Å². The summed E-state index contributed by atoms with van der Waals surface area (Å²) in [6, 6.07) is 7.63. The Hall–Kier alpha value is -2.76. The zero-order valence-corrected chi connectivity index (χ0v) is 11.5. The molecule has 1 fully saturated rings. The summed E-state index contributed by atoms with van der Waals surface area (Å²) >= 11 is 0. The Morgan fingerprint density at radius 3 is 2.91 bits per heavy atom. The highest BCUT2D eigenvalue weighted by molar-refractivity contribution is 6.08. The molecule has 1 aliphatic rings. The first-order valence-electron chi connectivity index (χ1n) is 7.03. The van der Waals surface area contributed by atoms with Gasteiger partial charge in [-0.05, 0) is 36.8 Å². The normalized spacial score (nSPS) is 18.9. The van der Waals surface area contributed by atoms with E-state index in [0.717, 1.165) is 10.8 Å². The standard InChI is InChI=1S/C16H12FN3O2/c17-9-3-4-10-11-2-1-7-18-15(11)20(13(10)8-9)12-5-6-14(21)19-16(12)22/h1-4,7-8,12H,5-6H2,(H,19,21,22). The maximum Gasteiger partial charge on any atom is 0.249 e. The molecular formula is C16H12FN3O2. The molecule has 2 amide bonds. The molecule has 3 aromatic rings. The first-order valence-corrected chi connectivity index (χ1v) is 7.03. The van der Waals surface area contributed by atoms with E-state index in [-0.39, 0.29) is 24.1 Å². The van der Waals surface area contributed by atoms with Crippen molar-refractivity contribution >= 4 is 33.8 Å². The maximum absolute atomic E-state index is 13.7. The molecule has 4 rings (SSSR count). The Morgan fingerprint density at radius 1 is 1.23 bits per heavy atom. The molecule has 0 aliphatic carbocycles. The molecule has 110 valence electrons. The third-order valence-electron chi connectivity index (χ3n) is 4.05. The van der Waals surface area contributed by atoms with Gasteiger partial charge in [-0.3, -0.25) is 14.9 Å². The monoisotopic (exact) mass is 297 g/mol. The fraction of sp³-hybridized carbons (Fsp3) is 0.188. The van der Waals surface area contributed by atoms with E-state index in [1.807, 2.05) is 6.07 Å². The molecular weight excluding hydrogens is 285 g/mol. The molecule has 0 saturated carbocycles. The van der Waals surface area contributed by atoms with Crippen molar-refractivity contribution in [3.8, 4) is 0 Å². The minimum Gasteiger partial charge on any atom is -0.313 e. The summed E-state index contributed by atoms with van der Waals surface area (Å²) in [7, 11) is 0. The summed E-state index contributed by atoms with van der Waals surface area (Å²) in [4.78, 5) is 27.9. The molecule has 2 aromatic heterocycles. The summed E-state index contributed by atoms with van der Waals surface area (Å²) < 4.78 is 15.4. The van der Waals surface area contributed by atoms with Crippen LogP contribution in [0.2, 0.25) is 0 Å². The second-order valence-electron chi connectivity index (χ2n) is 5.37. The number of pyridine rings is 1. The Labute approximate surface area is 124 Å². The van der Waals surface area contributed by atoms with E-state index in [0.29, 0.717) is 17.6 Å². The number of hydrogen-bond acceptors (Lipinski definition) is 3. The summed E-state index contributed by atoms with van der Waals surface area (Å²) in [5, 5.41) is 4.05. The fourth-order valence-corrected chi connectivity index (χ4v) is 3.09. The Kier molecular flexibility index (Phi) is 2.72. The summed E-state index contributed by atoms with van der Waals surface area (Å²) in [5.74, 6) is -1.02. The number of hydrogen-bond donors (Lipinski definition) is 1. The van der Waals surface area contributed by atoms with E-state index >= 15 is 0 Å². The molecule has 1 aromatic carbocycles. The van der Waals surface area contributed by atoms with Crippen LogP contribution in [0.5, 0.6) is 0 Å². The molecule has 0 spiro atoms. The van der Waals surface area contributed by atoms with Crippen molar-refractivity contribution in [3.05, 3.63) is 42.3 Å². The van der Waals surface area contributed by atoms with E-state index in [1.165, 1.54) is 12.1 Å². The van der Waals surface area contributed by atoms with Gasteiger partial charge in [0.25, 0.3) is 0 Å². The lowest BCUT2D eigenvalue weighted by molar-refractivity contribution is -0.135. The highest BCUT2D eigenvalue weighted by Gasteiger charge is 2.30. The van der Waals surface area contributed by atoms with E-state index in [9.17, 15) is 14.0 Å². The molecule has 5 nitrogen and oxygen atoms in total. The Balaban J connectivity index is 2.04. The number of halogens is 1. The van der Waals surface area contributed by atoms with Crippen LogP contribution in [0.15, 0.2) is 36.5 Å². The lowest BCUT2D eigenvalue weighted by Gasteiger charge is -2.23. The van der Waals surface area contributed by atoms with E-state index in [1.54, 1.807) is 22.9 Å². The minimum atomic E-state index is -0.561. The SMILES string of the molecule is O=C1CCC(n2c3cc(F)ccc3c3cccnc32)C(=O)N1. The van der Waals surface area contributed by atoms with Gasteiger partial charge in [0.05, 0.1) is 5.52 Å². The maximum atomic E-state index is 13.7. The van der Waals surface area contributed by atoms with Crippen LogP contribution in [-0.4, -0.2) is 21.4 Å². The lowest BCUT2D eigenvalue weighted by atomic mass is 10.1. The highest BCUT2D eigenvalue weighted by Crippen LogP contribution is 2.33. The number of amides is 2. The molecule has 1 unspecified atom stereocenters. The molecule has 0 bridgehead atoms. The number of carbonyl (C=O) groups excluding carboxylic acids is 2. The van der Waals surface area contributed by atoms with Gasteiger partial charge < -0.3 is 4.57 Å². The number of nitrogens with zero attached hydrogens (tertiary/aromatic N) is 2. The number of nitrogens with one attached hydrogen (secondary N) is 1. The smallest absolute Gasteiger partial charge is 0.249 e. The van der Waals surface area contributed by atoms with Gasteiger partial charge in [0.2, 0.25) is 11.8 Å². The zero-order chi connectivity index (χ0) is 15.3. The lowest BCUT2D eigenvalue weighted by Crippen LogP contribution is -2.41. The van der Waals surface area contributed by atoms with Crippen molar-refractivity contribution in [2.45, 2.75) is 18.9 Å². The number of aromatic nitrogens is 2. The van der Waals surface area contributed by atoms with Gasteiger partial charge in [-0.25, -0.2) is 9.37 Å². The van der Waals surface area contributed by atoms with Crippen molar-refractivity contribution in [1.29, 1.82) is 0 Å². The third-order valence-corrected chi connectivity index (χ3v) is 4.05. The largest absolute Gasteiger partial charge is 0.313 e. The number of imide groups is 1. The summed E-state index contributed by atoms with van der Waals surface area (Å²) in [6.45, 7) is 0. The van der Waals surface area contributed by atoms with Gasteiger partial charge in [0, 0.05) is 23.4 Å². The second kappa shape index (κ2) is 4.62. The van der Waals surface area contributed by atoms with Crippen molar-refractivity contribution in [2.24, 2.45) is 0 Å². The van der Waals surface area contributed by atoms with Gasteiger partial charge in [-0.15, -0.1) is 0 Å². The van der Waals surface area contributed by atoms with Crippen molar-refractivity contribution in [3.63, 3.8) is 0 Å². The highest BCUT2D eigenvalue weighted by atomic mass is 19.1. The average molecular weight is 297 g/mol. The number of carbonyl (C=O) groups is 2. The van der Waals surface area contributed by atoms with Crippen LogP contribution in [0, 0.1) is 5.82 Å². The Morgan fingerprint density at radius 2 is 2.09 bits per heavy atom. The number of rotatable bonds is 1. The molecule has 0 radical (unpaired) electrons. The van der Waals surface area contributed by atoms with E-state index < -0.39 is 6.04 Å². The van der Waals surface area contributed by atoms with Gasteiger partial charge in [-0.1, -0.05) is 0 Å². The van der Waals surface area contributed by atoms with Crippen LogP contribution in [0.25, 0.3) is 21.9 Å². The summed E-state index contributed by atoms with van der Waals surface area (Å²) in [6.07, 6.45) is 2.29. The van der Waals surface area contributed by atoms with Crippen molar-refractivity contribution in [2.75, 3.05) is 0 Å². The van der Waals surface area contributed by atoms with Gasteiger partial charge >= 0.3 is 0 Å². The van der Waals surface area contributed by atoms with Crippen LogP contribution in [0.3, 0.4) is 0 Å². The van der Waals surface area contributed by atoms with Crippen molar-refractivity contribution in [1.82, 2.24) is 14.9 Å². The predicted octanol–water partition coefficient (Wildman–Crippen LogP) is 2.31. The van der Waals surface area contributed by atoms with E-state index in [4.69, 9.17) is 0 Å². The molecule has 1 N–H and O–H groups in total. The van der Waals surface area contributed by atoms with Gasteiger partial charge in [-0.2, -0.15) is 0 Å². The van der Waals surface area contributed by atoms with Crippen LogP contribution in [-0.2, 0) is 9.59 Å². The van der Waals surface area contributed by atoms with Crippen molar-refractivity contribution < 1.29 is 14.0 Å². The molecule has 22 heavy (non-hydrogen) atoms. The quantitative estimate of drug-likeness (QED) is 0.701.